The zero-order valence-electron chi connectivity index (χ0n) is 10.4. The summed E-state index contributed by atoms with van der Waals surface area (Å²) in [6.45, 7) is 3.98. The van der Waals surface area contributed by atoms with Crippen molar-refractivity contribution >= 4 is 11.9 Å². The first-order chi connectivity index (χ1) is 8.50. The second-order valence-electron chi connectivity index (χ2n) is 4.72. The van der Waals surface area contributed by atoms with Gasteiger partial charge in [-0.1, -0.05) is 5.16 Å². The number of carbonyl (C=O) groups is 2. The van der Waals surface area contributed by atoms with Crippen LogP contribution >= 0.6 is 0 Å². The molecule has 0 bridgehead atoms. The van der Waals surface area contributed by atoms with Crippen LogP contribution in [0.1, 0.15) is 54.2 Å². The molecule has 2 atom stereocenters. The van der Waals surface area contributed by atoms with E-state index in [0.717, 1.165) is 19.3 Å². The number of nitrogens with zero attached hydrogens (tertiary/aromatic N) is 2. The Morgan fingerprint density at radius 2 is 2.00 bits per heavy atom. The van der Waals surface area contributed by atoms with Gasteiger partial charge in [0.1, 0.15) is 0 Å². The van der Waals surface area contributed by atoms with E-state index in [1.54, 1.807) is 4.90 Å². The lowest BCUT2D eigenvalue weighted by molar-refractivity contribution is 0.0498. The van der Waals surface area contributed by atoms with Gasteiger partial charge in [0, 0.05) is 18.2 Å². The minimum Gasteiger partial charge on any atom is -0.475 e. The first-order valence-electron chi connectivity index (χ1n) is 6.03. The van der Waals surface area contributed by atoms with E-state index >= 15 is 0 Å². The van der Waals surface area contributed by atoms with Crippen molar-refractivity contribution in [2.75, 3.05) is 0 Å². The number of carboxylic acid groups (broad SMARTS) is 1. The van der Waals surface area contributed by atoms with Crippen LogP contribution in [0.3, 0.4) is 0 Å². The summed E-state index contributed by atoms with van der Waals surface area (Å²) in [4.78, 5) is 24.7. The molecule has 1 aliphatic heterocycles. The Bertz CT molecular complexity index is 458. The van der Waals surface area contributed by atoms with E-state index in [9.17, 15) is 9.59 Å². The number of carboxylic acids is 1. The van der Waals surface area contributed by atoms with Gasteiger partial charge in [0.25, 0.3) is 5.91 Å². The highest BCUT2D eigenvalue weighted by Gasteiger charge is 2.31. The molecular formula is C12H16N2O4. The summed E-state index contributed by atoms with van der Waals surface area (Å²) in [6, 6.07) is 1.47. The maximum atomic E-state index is 12.3. The Labute approximate surface area is 105 Å². The van der Waals surface area contributed by atoms with Gasteiger partial charge >= 0.3 is 5.97 Å². The number of amides is 1. The van der Waals surface area contributed by atoms with Crippen LogP contribution in [0.2, 0.25) is 0 Å². The van der Waals surface area contributed by atoms with Crippen LogP contribution < -0.4 is 0 Å². The molecule has 1 fully saturated rings. The van der Waals surface area contributed by atoms with Gasteiger partial charge in [-0.25, -0.2) is 4.79 Å². The number of aromatic carboxylic acids is 1. The molecule has 1 aromatic rings. The molecule has 6 nitrogen and oxygen atoms in total. The monoisotopic (exact) mass is 252 g/mol. The van der Waals surface area contributed by atoms with Gasteiger partial charge in [-0.15, -0.1) is 0 Å². The number of aromatic nitrogens is 1. The fourth-order valence-corrected chi connectivity index (χ4v) is 2.43. The van der Waals surface area contributed by atoms with Crippen LogP contribution in [0.5, 0.6) is 0 Å². The average molecular weight is 252 g/mol. The number of likely N-dealkylation sites (tertiary alicyclic amines) is 1. The van der Waals surface area contributed by atoms with Crippen LogP contribution in [-0.4, -0.2) is 39.1 Å². The van der Waals surface area contributed by atoms with Crippen molar-refractivity contribution in [3.63, 3.8) is 0 Å². The Morgan fingerprint density at radius 1 is 1.39 bits per heavy atom. The summed E-state index contributed by atoms with van der Waals surface area (Å²) in [5.41, 5.74) is 0.0630. The Kier molecular flexibility index (Phi) is 3.36. The Morgan fingerprint density at radius 3 is 2.50 bits per heavy atom. The molecule has 1 amide bonds. The van der Waals surface area contributed by atoms with Crippen LogP contribution in [0, 0.1) is 0 Å². The largest absolute Gasteiger partial charge is 0.475 e. The molecule has 0 saturated carbocycles. The van der Waals surface area contributed by atoms with E-state index in [1.165, 1.54) is 6.07 Å². The van der Waals surface area contributed by atoms with E-state index in [1.807, 2.05) is 13.8 Å². The zero-order valence-corrected chi connectivity index (χ0v) is 10.4. The van der Waals surface area contributed by atoms with Crippen molar-refractivity contribution in [1.82, 2.24) is 10.1 Å². The molecule has 0 spiro atoms. The zero-order chi connectivity index (χ0) is 13.3. The fraction of sp³-hybridized carbons (Fsp3) is 0.583. The van der Waals surface area contributed by atoms with Crippen LogP contribution in [0.15, 0.2) is 10.6 Å². The van der Waals surface area contributed by atoms with Crippen molar-refractivity contribution in [2.24, 2.45) is 0 Å². The minimum atomic E-state index is -1.22. The summed E-state index contributed by atoms with van der Waals surface area (Å²) in [5.74, 6) is -1.79. The highest BCUT2D eigenvalue weighted by Crippen LogP contribution is 2.24. The quantitative estimate of drug-likeness (QED) is 0.867. The van der Waals surface area contributed by atoms with Crippen molar-refractivity contribution in [3.05, 3.63) is 17.5 Å². The normalized spacial score (nSPS) is 24.0. The van der Waals surface area contributed by atoms with Gasteiger partial charge in [0.15, 0.2) is 5.69 Å². The van der Waals surface area contributed by atoms with E-state index in [-0.39, 0.29) is 29.4 Å². The van der Waals surface area contributed by atoms with Crippen molar-refractivity contribution < 1.29 is 19.2 Å². The number of hydrogen-bond acceptors (Lipinski definition) is 4. The summed E-state index contributed by atoms with van der Waals surface area (Å²) < 4.78 is 4.61. The van der Waals surface area contributed by atoms with Crippen molar-refractivity contribution in [1.29, 1.82) is 0 Å². The summed E-state index contributed by atoms with van der Waals surface area (Å²) in [6.07, 6.45) is 3.02. The molecule has 2 rings (SSSR count). The Hall–Kier alpha value is -1.85. The second-order valence-corrected chi connectivity index (χ2v) is 4.72. The highest BCUT2D eigenvalue weighted by atomic mass is 16.5. The van der Waals surface area contributed by atoms with Crippen molar-refractivity contribution in [2.45, 2.75) is 45.2 Å². The average Bonchev–Trinajstić information content (AvgIpc) is 2.77. The third-order valence-electron chi connectivity index (χ3n) is 3.37. The SMILES string of the molecule is C[C@@H]1CCC[C@H](C)N1C(=O)c1cc(C(=O)O)on1. The number of carbonyl (C=O) groups excluding carboxylic acids is 1. The van der Waals surface area contributed by atoms with Crippen molar-refractivity contribution in [3.8, 4) is 0 Å². The molecule has 98 valence electrons. The Balaban J connectivity index is 2.21. The maximum Gasteiger partial charge on any atom is 0.374 e. The van der Waals surface area contributed by atoms with E-state index < -0.39 is 5.97 Å². The first-order valence-corrected chi connectivity index (χ1v) is 6.03. The van der Waals surface area contributed by atoms with E-state index in [0.29, 0.717) is 0 Å². The van der Waals surface area contributed by atoms with E-state index in [2.05, 4.69) is 9.68 Å². The third-order valence-corrected chi connectivity index (χ3v) is 3.37. The number of hydrogen-bond donors (Lipinski definition) is 1. The van der Waals surface area contributed by atoms with Gasteiger partial charge in [-0.3, -0.25) is 4.79 Å². The predicted molar refractivity (Wildman–Crippen MR) is 62.4 cm³/mol. The molecule has 1 aliphatic rings. The topological polar surface area (TPSA) is 83.6 Å². The standard InChI is InChI=1S/C12H16N2O4/c1-7-4-3-5-8(2)14(7)11(15)9-6-10(12(16)17)18-13-9/h6-8H,3-5H2,1-2H3,(H,16,17)/t7-,8+. The van der Waals surface area contributed by atoms with Crippen LogP contribution in [-0.2, 0) is 0 Å². The maximum absolute atomic E-state index is 12.3. The fourth-order valence-electron chi connectivity index (χ4n) is 2.43. The minimum absolute atomic E-state index is 0.0630. The molecule has 0 unspecified atom stereocenters. The smallest absolute Gasteiger partial charge is 0.374 e. The summed E-state index contributed by atoms with van der Waals surface area (Å²) in [5, 5.41) is 12.3. The number of rotatable bonds is 2. The molecular weight excluding hydrogens is 236 g/mol. The molecule has 1 aromatic heterocycles. The third kappa shape index (κ3) is 2.23. The highest BCUT2D eigenvalue weighted by molar-refractivity contribution is 5.95. The molecule has 2 heterocycles. The summed E-state index contributed by atoms with van der Waals surface area (Å²) >= 11 is 0. The second kappa shape index (κ2) is 4.80. The molecule has 6 heteroatoms. The first kappa shape index (κ1) is 12.6. The van der Waals surface area contributed by atoms with Gasteiger partial charge in [0.2, 0.25) is 5.76 Å². The summed E-state index contributed by atoms with van der Waals surface area (Å²) in [7, 11) is 0. The van der Waals surface area contributed by atoms with Crippen LogP contribution in [0.4, 0.5) is 0 Å². The lowest BCUT2D eigenvalue weighted by Crippen LogP contribution is -2.47. The molecule has 0 radical (unpaired) electrons. The molecule has 18 heavy (non-hydrogen) atoms. The van der Waals surface area contributed by atoms with E-state index in [4.69, 9.17) is 5.11 Å². The van der Waals surface area contributed by atoms with Crippen LogP contribution in [0.25, 0.3) is 0 Å². The number of piperidine rings is 1. The molecule has 1 N–H and O–H groups in total. The van der Waals surface area contributed by atoms with Gasteiger partial charge in [-0.2, -0.15) is 0 Å². The predicted octanol–water partition coefficient (Wildman–Crippen LogP) is 1.78. The van der Waals surface area contributed by atoms with Gasteiger partial charge in [-0.05, 0) is 33.1 Å². The molecule has 0 aliphatic carbocycles. The lowest BCUT2D eigenvalue weighted by Gasteiger charge is -2.38. The van der Waals surface area contributed by atoms with Gasteiger partial charge in [0.05, 0.1) is 0 Å². The molecule has 0 aromatic carbocycles. The lowest BCUT2D eigenvalue weighted by atomic mass is 9.97. The molecule has 1 saturated heterocycles. The van der Waals surface area contributed by atoms with Gasteiger partial charge < -0.3 is 14.5 Å².